The zero-order valence-electron chi connectivity index (χ0n) is 17.4. The molecule has 0 radical (unpaired) electrons. The van der Waals surface area contributed by atoms with Gasteiger partial charge in [0.2, 0.25) is 5.82 Å². The van der Waals surface area contributed by atoms with Crippen molar-refractivity contribution in [2.24, 2.45) is 12.1 Å². The Morgan fingerprint density at radius 2 is 1.62 bits per heavy atom. The summed E-state index contributed by atoms with van der Waals surface area (Å²) in [6.07, 6.45) is 3.60. The van der Waals surface area contributed by atoms with E-state index in [1.165, 1.54) is 0 Å². The summed E-state index contributed by atoms with van der Waals surface area (Å²) in [6, 6.07) is 27.3. The molecule has 0 fully saturated rings. The predicted molar refractivity (Wildman–Crippen MR) is 125 cm³/mol. The van der Waals surface area contributed by atoms with E-state index in [1.807, 2.05) is 103 Å². The highest BCUT2D eigenvalue weighted by Gasteiger charge is 2.18. The number of hydrogen-bond acceptors (Lipinski definition) is 4. The molecule has 0 aliphatic carbocycles. The SMILES string of the molecule is Cn1cc(/C=N/NC(=O)c2nc(-c3ccccc3)n(-c3ccccc3)n2)c2ccccc21. The van der Waals surface area contributed by atoms with Crippen molar-refractivity contribution in [3.63, 3.8) is 0 Å². The summed E-state index contributed by atoms with van der Waals surface area (Å²) in [5.74, 6) is 0.149. The minimum Gasteiger partial charge on any atom is -0.350 e. The molecule has 7 nitrogen and oxygen atoms in total. The number of hydrazone groups is 1. The molecule has 7 heteroatoms. The lowest BCUT2D eigenvalue weighted by molar-refractivity contribution is 0.0945. The Morgan fingerprint density at radius 3 is 2.41 bits per heavy atom. The second-order valence-electron chi connectivity index (χ2n) is 7.28. The highest BCUT2D eigenvalue weighted by Crippen LogP contribution is 2.21. The van der Waals surface area contributed by atoms with Crippen molar-refractivity contribution in [3.8, 4) is 17.1 Å². The van der Waals surface area contributed by atoms with E-state index in [9.17, 15) is 4.79 Å². The monoisotopic (exact) mass is 420 g/mol. The fourth-order valence-corrected chi connectivity index (χ4v) is 3.62. The van der Waals surface area contributed by atoms with Crippen LogP contribution in [0.3, 0.4) is 0 Å². The molecule has 0 spiro atoms. The number of nitrogens with zero attached hydrogens (tertiary/aromatic N) is 5. The Bertz CT molecular complexity index is 1360. The number of carbonyl (C=O) groups excluding carboxylic acids is 1. The Balaban J connectivity index is 1.44. The molecule has 5 aromatic rings. The third-order valence-electron chi connectivity index (χ3n) is 5.14. The van der Waals surface area contributed by atoms with E-state index >= 15 is 0 Å². The second kappa shape index (κ2) is 8.31. The maximum absolute atomic E-state index is 12.8. The molecular formula is C25H20N6O. The van der Waals surface area contributed by atoms with Crippen molar-refractivity contribution < 1.29 is 4.79 Å². The zero-order chi connectivity index (χ0) is 21.9. The first kappa shape index (κ1) is 19.4. The molecule has 1 amide bonds. The van der Waals surface area contributed by atoms with Gasteiger partial charge in [0, 0.05) is 35.3 Å². The summed E-state index contributed by atoms with van der Waals surface area (Å²) >= 11 is 0. The third-order valence-corrected chi connectivity index (χ3v) is 5.14. The van der Waals surface area contributed by atoms with E-state index in [-0.39, 0.29) is 5.82 Å². The van der Waals surface area contributed by atoms with Crippen LogP contribution in [0.15, 0.2) is 96.2 Å². The first-order valence-electron chi connectivity index (χ1n) is 10.2. The van der Waals surface area contributed by atoms with Crippen molar-refractivity contribution in [3.05, 3.63) is 103 Å². The normalized spacial score (nSPS) is 11.3. The van der Waals surface area contributed by atoms with Gasteiger partial charge in [-0.25, -0.2) is 15.1 Å². The van der Waals surface area contributed by atoms with Crippen LogP contribution >= 0.6 is 0 Å². The van der Waals surface area contributed by atoms with Gasteiger partial charge in [0.05, 0.1) is 11.9 Å². The summed E-state index contributed by atoms with van der Waals surface area (Å²) in [5, 5.41) is 9.65. The first-order valence-corrected chi connectivity index (χ1v) is 10.2. The van der Waals surface area contributed by atoms with E-state index < -0.39 is 5.91 Å². The van der Waals surface area contributed by atoms with Crippen molar-refractivity contribution in [1.29, 1.82) is 0 Å². The molecule has 2 aromatic heterocycles. The number of nitrogens with one attached hydrogen (secondary N) is 1. The molecule has 0 saturated carbocycles. The van der Waals surface area contributed by atoms with Gasteiger partial charge in [0.1, 0.15) is 0 Å². The van der Waals surface area contributed by atoms with Gasteiger partial charge in [0.25, 0.3) is 0 Å². The molecule has 1 N–H and O–H groups in total. The van der Waals surface area contributed by atoms with Gasteiger partial charge in [-0.2, -0.15) is 5.10 Å². The molecule has 0 unspecified atom stereocenters. The van der Waals surface area contributed by atoms with Gasteiger partial charge in [-0.1, -0.05) is 66.7 Å². The van der Waals surface area contributed by atoms with Crippen LogP contribution in [0.1, 0.15) is 16.2 Å². The molecule has 0 aliphatic heterocycles. The summed E-state index contributed by atoms with van der Waals surface area (Å²) < 4.78 is 3.69. The van der Waals surface area contributed by atoms with E-state index in [4.69, 9.17) is 0 Å². The van der Waals surface area contributed by atoms with Crippen molar-refractivity contribution in [2.45, 2.75) is 0 Å². The minimum absolute atomic E-state index is 0.0442. The molecule has 0 atom stereocenters. The molecule has 2 heterocycles. The Labute approximate surface area is 184 Å². The Hall–Kier alpha value is -4.52. The molecule has 32 heavy (non-hydrogen) atoms. The van der Waals surface area contributed by atoms with Crippen LogP contribution in [0.5, 0.6) is 0 Å². The molecular weight excluding hydrogens is 400 g/mol. The summed E-state index contributed by atoms with van der Waals surface area (Å²) in [7, 11) is 1.98. The summed E-state index contributed by atoms with van der Waals surface area (Å²) in [6.45, 7) is 0. The summed E-state index contributed by atoms with van der Waals surface area (Å²) in [5.41, 5.74) is 6.23. The molecule has 0 saturated heterocycles. The lowest BCUT2D eigenvalue weighted by Gasteiger charge is -2.05. The van der Waals surface area contributed by atoms with Crippen LogP contribution in [-0.4, -0.2) is 31.5 Å². The average molecular weight is 420 g/mol. The number of amides is 1. The number of aromatic nitrogens is 4. The lowest BCUT2D eigenvalue weighted by atomic mass is 10.2. The first-order chi connectivity index (χ1) is 15.7. The fraction of sp³-hybridized carbons (Fsp3) is 0.0400. The van der Waals surface area contributed by atoms with E-state index in [2.05, 4.69) is 20.6 Å². The topological polar surface area (TPSA) is 77.1 Å². The lowest BCUT2D eigenvalue weighted by Crippen LogP contribution is -2.19. The Kier molecular flexibility index (Phi) is 5.05. The van der Waals surface area contributed by atoms with Gasteiger partial charge in [0.15, 0.2) is 5.82 Å². The maximum atomic E-state index is 12.8. The van der Waals surface area contributed by atoms with Crippen LogP contribution in [0.4, 0.5) is 0 Å². The van der Waals surface area contributed by atoms with E-state index in [1.54, 1.807) is 10.9 Å². The third kappa shape index (κ3) is 3.67. The van der Waals surface area contributed by atoms with Crippen LogP contribution in [0.2, 0.25) is 0 Å². The van der Waals surface area contributed by atoms with Crippen molar-refractivity contribution in [2.75, 3.05) is 0 Å². The van der Waals surface area contributed by atoms with Gasteiger partial charge in [-0.3, -0.25) is 4.79 Å². The smallest absolute Gasteiger partial charge is 0.311 e. The molecule has 5 rings (SSSR count). The number of aryl methyl sites for hydroxylation is 1. The number of benzene rings is 3. The molecule has 156 valence electrons. The molecule has 3 aromatic carbocycles. The number of fused-ring (bicyclic) bond motifs is 1. The van der Waals surface area contributed by atoms with Gasteiger partial charge < -0.3 is 4.57 Å². The average Bonchev–Trinajstić information content (AvgIpc) is 3.43. The van der Waals surface area contributed by atoms with Crippen LogP contribution in [0.25, 0.3) is 28.0 Å². The van der Waals surface area contributed by atoms with Gasteiger partial charge >= 0.3 is 5.91 Å². The quantitative estimate of drug-likeness (QED) is 0.342. The van der Waals surface area contributed by atoms with Crippen molar-refractivity contribution in [1.82, 2.24) is 24.8 Å². The number of rotatable bonds is 5. The zero-order valence-corrected chi connectivity index (χ0v) is 17.4. The highest BCUT2D eigenvalue weighted by atomic mass is 16.2. The standard InChI is InChI=1S/C25H20N6O/c1-30-17-19(21-14-8-9-15-22(21)30)16-26-28-25(32)23-27-24(18-10-4-2-5-11-18)31(29-23)20-12-6-3-7-13-20/h2-17H,1H3,(H,28,32)/b26-16+. The van der Waals surface area contributed by atoms with Crippen LogP contribution in [-0.2, 0) is 7.05 Å². The molecule has 0 aliphatic rings. The van der Waals surface area contributed by atoms with E-state index in [0.717, 1.165) is 27.7 Å². The van der Waals surface area contributed by atoms with Gasteiger partial charge in [-0.15, -0.1) is 5.10 Å². The number of para-hydroxylation sites is 2. The summed E-state index contributed by atoms with van der Waals surface area (Å²) in [4.78, 5) is 17.3. The predicted octanol–water partition coefficient (Wildman–Crippen LogP) is 4.19. The minimum atomic E-state index is -0.478. The molecule has 0 bridgehead atoms. The van der Waals surface area contributed by atoms with Gasteiger partial charge in [-0.05, 0) is 18.2 Å². The fourth-order valence-electron chi connectivity index (χ4n) is 3.62. The largest absolute Gasteiger partial charge is 0.350 e. The van der Waals surface area contributed by atoms with Crippen molar-refractivity contribution >= 4 is 23.0 Å². The highest BCUT2D eigenvalue weighted by molar-refractivity contribution is 6.00. The van der Waals surface area contributed by atoms with Crippen LogP contribution < -0.4 is 5.43 Å². The van der Waals surface area contributed by atoms with E-state index in [0.29, 0.717) is 5.82 Å². The maximum Gasteiger partial charge on any atom is 0.311 e. The number of carbonyl (C=O) groups is 1. The van der Waals surface area contributed by atoms with Crippen LogP contribution in [0, 0.1) is 0 Å². The Morgan fingerprint density at radius 1 is 0.938 bits per heavy atom. The number of hydrogen-bond donors (Lipinski definition) is 1. The second-order valence-corrected chi connectivity index (χ2v) is 7.28.